The molecule has 0 bridgehead atoms. The first-order chi connectivity index (χ1) is 13.8. The van der Waals surface area contributed by atoms with Crippen molar-refractivity contribution in [2.75, 3.05) is 25.7 Å². The third kappa shape index (κ3) is 4.68. The van der Waals surface area contributed by atoms with Crippen molar-refractivity contribution in [3.63, 3.8) is 0 Å². The van der Waals surface area contributed by atoms with E-state index in [0.717, 1.165) is 14.6 Å². The molecule has 0 saturated carbocycles. The second-order valence-electron chi connectivity index (χ2n) is 5.67. The minimum absolute atomic E-state index is 0.0738. The van der Waals surface area contributed by atoms with Gasteiger partial charge in [-0.3, -0.25) is 4.79 Å². The summed E-state index contributed by atoms with van der Waals surface area (Å²) in [6.45, 7) is 0.745. The number of carbonyl (C=O) groups excluding carboxylic acids is 1. The molecular weight excluding hydrogens is 396 g/mol. The van der Waals surface area contributed by atoms with E-state index >= 15 is 0 Å². The Labute approximate surface area is 170 Å². The lowest BCUT2D eigenvalue weighted by Crippen LogP contribution is -2.25. The van der Waals surface area contributed by atoms with Crippen molar-refractivity contribution >= 4 is 39.2 Å². The third-order valence-corrected chi connectivity index (χ3v) is 5.93. The van der Waals surface area contributed by atoms with E-state index in [1.54, 1.807) is 29.5 Å². The minimum atomic E-state index is -0.0738. The number of para-hydroxylation sites is 1. The molecule has 0 radical (unpaired) electrons. The Kier molecular flexibility index (Phi) is 5.85. The molecule has 2 aromatic carbocycles. The normalized spacial score (nSPS) is 11.7. The van der Waals surface area contributed by atoms with E-state index in [0.29, 0.717) is 23.0 Å². The molecule has 1 aromatic heterocycles. The van der Waals surface area contributed by atoms with Crippen LogP contribution in [0.3, 0.4) is 0 Å². The lowest BCUT2D eigenvalue weighted by atomic mass is 10.3. The Bertz CT molecular complexity index is 1020. The standard InChI is InChI=1S/C20H16N2O4S2/c23-19(12-27-20-22-15-5-1-2-6-18(15)28-20)21-9-3-4-10-24-14-7-8-16-17(11-14)26-13-25-16/h1-2,5-8,11H,9-10,12-13H2,(H,21,23). The van der Waals surface area contributed by atoms with E-state index < -0.39 is 0 Å². The van der Waals surface area contributed by atoms with Gasteiger partial charge in [0, 0.05) is 6.07 Å². The SMILES string of the molecule is O=C(CSc1nc2ccccc2s1)NCC#CCOc1ccc2c(c1)OCO2. The Balaban J connectivity index is 1.15. The van der Waals surface area contributed by atoms with Gasteiger partial charge in [0.15, 0.2) is 15.8 Å². The molecule has 142 valence electrons. The summed E-state index contributed by atoms with van der Waals surface area (Å²) >= 11 is 3.02. The zero-order valence-electron chi connectivity index (χ0n) is 14.8. The Morgan fingerprint density at radius 2 is 2.11 bits per heavy atom. The number of hydrogen-bond acceptors (Lipinski definition) is 7. The molecule has 1 N–H and O–H groups in total. The number of ether oxygens (including phenoxy) is 3. The summed E-state index contributed by atoms with van der Waals surface area (Å²) in [6.07, 6.45) is 0. The summed E-state index contributed by atoms with van der Waals surface area (Å²) in [4.78, 5) is 16.4. The Morgan fingerprint density at radius 1 is 1.21 bits per heavy atom. The zero-order valence-corrected chi connectivity index (χ0v) is 16.4. The Morgan fingerprint density at radius 3 is 3.04 bits per heavy atom. The first-order valence-corrected chi connectivity index (χ1v) is 10.3. The van der Waals surface area contributed by atoms with Crippen LogP contribution < -0.4 is 19.5 Å². The molecule has 1 aliphatic rings. The number of rotatable bonds is 6. The average molecular weight is 412 g/mol. The van der Waals surface area contributed by atoms with Crippen LogP contribution in [0.1, 0.15) is 0 Å². The van der Waals surface area contributed by atoms with Crippen LogP contribution in [0.25, 0.3) is 10.2 Å². The van der Waals surface area contributed by atoms with Gasteiger partial charge >= 0.3 is 0 Å². The molecule has 8 heteroatoms. The highest BCUT2D eigenvalue weighted by Gasteiger charge is 2.13. The van der Waals surface area contributed by atoms with Crippen molar-refractivity contribution in [3.05, 3.63) is 42.5 Å². The topological polar surface area (TPSA) is 69.7 Å². The van der Waals surface area contributed by atoms with Gasteiger partial charge in [-0.05, 0) is 24.3 Å². The van der Waals surface area contributed by atoms with Gasteiger partial charge in [0.2, 0.25) is 12.7 Å². The van der Waals surface area contributed by atoms with E-state index in [9.17, 15) is 4.79 Å². The van der Waals surface area contributed by atoms with Crippen LogP contribution in [0.2, 0.25) is 0 Å². The van der Waals surface area contributed by atoms with Gasteiger partial charge in [-0.2, -0.15) is 0 Å². The second kappa shape index (κ2) is 8.87. The summed E-state index contributed by atoms with van der Waals surface area (Å²) in [5, 5.41) is 2.77. The van der Waals surface area contributed by atoms with Crippen molar-refractivity contribution in [1.29, 1.82) is 0 Å². The number of aromatic nitrogens is 1. The molecular formula is C20H16N2O4S2. The third-order valence-electron chi connectivity index (χ3n) is 3.75. The van der Waals surface area contributed by atoms with Crippen LogP contribution in [0, 0.1) is 11.8 Å². The lowest BCUT2D eigenvalue weighted by molar-refractivity contribution is -0.118. The van der Waals surface area contributed by atoms with Crippen molar-refractivity contribution < 1.29 is 19.0 Å². The molecule has 1 aliphatic heterocycles. The van der Waals surface area contributed by atoms with Crippen molar-refractivity contribution in [2.45, 2.75) is 4.34 Å². The first-order valence-electron chi connectivity index (χ1n) is 8.51. The van der Waals surface area contributed by atoms with Gasteiger partial charge in [0.25, 0.3) is 0 Å². The molecule has 0 fully saturated rings. The fourth-order valence-electron chi connectivity index (χ4n) is 2.43. The smallest absolute Gasteiger partial charge is 0.231 e. The van der Waals surface area contributed by atoms with Crippen LogP contribution in [0.15, 0.2) is 46.8 Å². The van der Waals surface area contributed by atoms with Crippen molar-refractivity contribution in [3.8, 4) is 29.1 Å². The Hall–Kier alpha value is -2.89. The second-order valence-corrected chi connectivity index (χ2v) is 7.92. The molecule has 0 unspecified atom stereocenters. The van der Waals surface area contributed by atoms with Crippen LogP contribution in [0.4, 0.5) is 0 Å². The highest BCUT2D eigenvalue weighted by atomic mass is 32.2. The van der Waals surface area contributed by atoms with Crippen molar-refractivity contribution in [1.82, 2.24) is 10.3 Å². The summed E-state index contributed by atoms with van der Waals surface area (Å²) in [5.41, 5.74) is 0.962. The lowest BCUT2D eigenvalue weighted by Gasteiger charge is -2.03. The van der Waals surface area contributed by atoms with Crippen LogP contribution in [-0.4, -0.2) is 36.6 Å². The van der Waals surface area contributed by atoms with Crippen LogP contribution >= 0.6 is 23.1 Å². The molecule has 0 aliphatic carbocycles. The monoisotopic (exact) mass is 412 g/mol. The zero-order chi connectivity index (χ0) is 19.2. The fourth-order valence-corrected chi connectivity index (χ4v) is 4.33. The number of thiazole rings is 1. The molecule has 0 spiro atoms. The molecule has 0 atom stereocenters. The maximum atomic E-state index is 11.9. The fraction of sp³-hybridized carbons (Fsp3) is 0.200. The van der Waals surface area contributed by atoms with Gasteiger partial charge in [-0.25, -0.2) is 4.98 Å². The number of nitrogens with one attached hydrogen (secondary N) is 1. The van der Waals surface area contributed by atoms with Gasteiger partial charge in [-0.1, -0.05) is 35.7 Å². The molecule has 6 nitrogen and oxygen atoms in total. The molecule has 28 heavy (non-hydrogen) atoms. The summed E-state index contributed by atoms with van der Waals surface area (Å²) < 4.78 is 18.1. The number of amides is 1. The van der Waals surface area contributed by atoms with E-state index in [4.69, 9.17) is 14.2 Å². The molecule has 3 aromatic rings. The number of thioether (sulfide) groups is 1. The van der Waals surface area contributed by atoms with E-state index in [-0.39, 0.29) is 25.9 Å². The number of nitrogens with zero attached hydrogens (tertiary/aromatic N) is 1. The highest BCUT2D eigenvalue weighted by molar-refractivity contribution is 8.01. The summed E-state index contributed by atoms with van der Waals surface area (Å²) in [7, 11) is 0. The number of hydrogen-bond donors (Lipinski definition) is 1. The average Bonchev–Trinajstić information content (AvgIpc) is 3.34. The van der Waals surface area contributed by atoms with Gasteiger partial charge in [-0.15, -0.1) is 11.3 Å². The molecule has 4 rings (SSSR count). The summed E-state index contributed by atoms with van der Waals surface area (Å²) in [5.74, 6) is 8.03. The molecule has 0 saturated heterocycles. The highest BCUT2D eigenvalue weighted by Crippen LogP contribution is 2.35. The molecule has 2 heterocycles. The van der Waals surface area contributed by atoms with Crippen molar-refractivity contribution in [2.24, 2.45) is 0 Å². The maximum Gasteiger partial charge on any atom is 0.231 e. The number of benzene rings is 2. The predicted molar refractivity (Wildman–Crippen MR) is 109 cm³/mol. The quantitative estimate of drug-likeness (QED) is 0.495. The first kappa shape index (κ1) is 18.5. The minimum Gasteiger partial charge on any atom is -0.481 e. The van der Waals surface area contributed by atoms with E-state index in [1.807, 2.05) is 24.3 Å². The number of carbonyl (C=O) groups is 1. The van der Waals surface area contributed by atoms with E-state index in [2.05, 4.69) is 22.1 Å². The maximum absolute atomic E-state index is 11.9. The largest absolute Gasteiger partial charge is 0.481 e. The predicted octanol–water partition coefficient (Wildman–Crippen LogP) is 3.32. The van der Waals surface area contributed by atoms with Crippen LogP contribution in [0.5, 0.6) is 17.2 Å². The number of fused-ring (bicyclic) bond motifs is 2. The summed E-state index contributed by atoms with van der Waals surface area (Å²) in [6, 6.07) is 13.3. The molecule has 1 amide bonds. The van der Waals surface area contributed by atoms with E-state index in [1.165, 1.54) is 11.8 Å². The van der Waals surface area contributed by atoms with Gasteiger partial charge in [0.05, 0.1) is 22.5 Å². The van der Waals surface area contributed by atoms with Gasteiger partial charge < -0.3 is 19.5 Å². The van der Waals surface area contributed by atoms with Gasteiger partial charge in [0.1, 0.15) is 12.4 Å². The van der Waals surface area contributed by atoms with Crippen LogP contribution in [-0.2, 0) is 4.79 Å².